The van der Waals surface area contributed by atoms with Gasteiger partial charge in [-0.1, -0.05) is 48.5 Å². The summed E-state index contributed by atoms with van der Waals surface area (Å²) < 4.78 is 5.63. The second-order valence-corrected chi connectivity index (χ2v) is 7.22. The minimum atomic E-state index is -1.63. The number of amides is 2. The summed E-state index contributed by atoms with van der Waals surface area (Å²) in [5.41, 5.74) is 12.4. The van der Waals surface area contributed by atoms with Gasteiger partial charge < -0.3 is 21.1 Å². The van der Waals surface area contributed by atoms with Gasteiger partial charge >= 0.3 is 0 Å². The molecule has 0 bridgehead atoms. The van der Waals surface area contributed by atoms with Crippen molar-refractivity contribution < 1.29 is 14.3 Å². The molecule has 1 unspecified atom stereocenters. The van der Waals surface area contributed by atoms with Crippen molar-refractivity contribution in [3.8, 4) is 23.2 Å². The first-order chi connectivity index (χ1) is 15.0. The van der Waals surface area contributed by atoms with E-state index < -0.39 is 17.2 Å². The number of aromatic nitrogens is 2. The molecule has 9 heteroatoms. The van der Waals surface area contributed by atoms with E-state index in [1.807, 2.05) is 30.3 Å². The van der Waals surface area contributed by atoms with Crippen LogP contribution in [-0.2, 0) is 15.0 Å². The number of carbonyl (C=O) groups excluding carboxylic acids is 2. The quantitative estimate of drug-likeness (QED) is 0.589. The molecule has 3 aromatic rings. The number of nitrogens with two attached hydrogens (primary N) is 2. The number of primary amides is 1. The number of para-hydroxylation sites is 1. The van der Waals surface area contributed by atoms with Crippen molar-refractivity contribution >= 4 is 17.5 Å². The van der Waals surface area contributed by atoms with E-state index in [1.54, 1.807) is 24.3 Å². The Labute approximate surface area is 176 Å². The number of hydrogen-bond donors (Lipinski definition) is 3. The van der Waals surface area contributed by atoms with Gasteiger partial charge in [0.1, 0.15) is 23.6 Å². The zero-order valence-electron chi connectivity index (χ0n) is 16.1. The average Bonchev–Trinajstić information content (AvgIpc) is 3.29. The van der Waals surface area contributed by atoms with E-state index >= 15 is 0 Å². The lowest BCUT2D eigenvalue weighted by atomic mass is 9.68. The number of carbonyl (C=O) groups is 2. The fourth-order valence-corrected chi connectivity index (χ4v) is 4.41. The smallest absolute Gasteiger partial charge is 0.248 e. The molecule has 2 aliphatic heterocycles. The molecule has 0 aliphatic carbocycles. The van der Waals surface area contributed by atoms with Gasteiger partial charge in [-0.2, -0.15) is 5.26 Å². The predicted molar refractivity (Wildman–Crippen MR) is 110 cm³/mol. The lowest BCUT2D eigenvalue weighted by molar-refractivity contribution is -0.123. The monoisotopic (exact) mass is 412 g/mol. The molecule has 31 heavy (non-hydrogen) atoms. The normalized spacial score (nSPS) is 19.1. The van der Waals surface area contributed by atoms with Crippen molar-refractivity contribution in [3.05, 3.63) is 77.2 Å². The van der Waals surface area contributed by atoms with E-state index in [-0.39, 0.29) is 23.9 Å². The van der Waals surface area contributed by atoms with E-state index in [4.69, 9.17) is 16.2 Å². The minimum absolute atomic E-state index is 0.0667. The molecule has 9 nitrogen and oxygen atoms in total. The van der Waals surface area contributed by atoms with Gasteiger partial charge in [-0.3, -0.25) is 14.7 Å². The molecule has 2 aromatic carbocycles. The highest BCUT2D eigenvalue weighted by Gasteiger charge is 2.61. The summed E-state index contributed by atoms with van der Waals surface area (Å²) in [6.45, 7) is -0.342. The molecule has 0 saturated carbocycles. The van der Waals surface area contributed by atoms with Gasteiger partial charge in [-0.05, 0) is 6.07 Å². The zero-order valence-corrected chi connectivity index (χ0v) is 16.1. The highest BCUT2D eigenvalue weighted by atomic mass is 16.5. The number of benzene rings is 2. The molecule has 0 saturated heterocycles. The van der Waals surface area contributed by atoms with Crippen molar-refractivity contribution in [3.63, 3.8) is 0 Å². The van der Waals surface area contributed by atoms with Crippen LogP contribution in [0.3, 0.4) is 0 Å². The Balaban J connectivity index is 1.89. The van der Waals surface area contributed by atoms with Crippen LogP contribution in [0.4, 0.5) is 5.69 Å². The Hall–Kier alpha value is -4.58. The van der Waals surface area contributed by atoms with E-state index in [0.29, 0.717) is 22.5 Å². The fraction of sp³-hybridized carbons (Fsp3) is 0.0909. The van der Waals surface area contributed by atoms with Crippen molar-refractivity contribution in [1.82, 2.24) is 10.2 Å². The summed E-state index contributed by atoms with van der Waals surface area (Å²) in [6.07, 6.45) is 0. The molecule has 1 atom stereocenters. The Morgan fingerprint density at radius 1 is 1.19 bits per heavy atom. The highest BCUT2D eigenvalue weighted by molar-refractivity contribution is 6.16. The third kappa shape index (κ3) is 2.33. The Kier molecular flexibility index (Phi) is 3.85. The van der Waals surface area contributed by atoms with Gasteiger partial charge in [0, 0.05) is 16.8 Å². The molecule has 2 aliphatic rings. The van der Waals surface area contributed by atoms with Crippen molar-refractivity contribution in [2.75, 3.05) is 11.4 Å². The fourth-order valence-electron chi connectivity index (χ4n) is 4.41. The molecular formula is C22H16N6O3. The number of nitrogens with one attached hydrogen (secondary N) is 1. The third-order valence-electron chi connectivity index (χ3n) is 5.59. The van der Waals surface area contributed by atoms with Crippen LogP contribution in [0.15, 0.2) is 66.1 Å². The largest absolute Gasteiger partial charge is 0.420 e. The SMILES string of the molecule is N#CC1=C(N)Oc2n[nH]c(-c3ccccc3)c2C12C(=O)N(CC(N)=O)c1ccccc12. The van der Waals surface area contributed by atoms with Gasteiger partial charge in [0.15, 0.2) is 0 Å². The summed E-state index contributed by atoms with van der Waals surface area (Å²) in [4.78, 5) is 27.1. The van der Waals surface area contributed by atoms with Crippen molar-refractivity contribution in [2.45, 2.75) is 5.41 Å². The molecule has 1 aromatic heterocycles. The standard InChI is InChI=1S/C22H16N6O3/c23-10-14-19(25)31-20-17(18(26-27-20)12-6-2-1-3-7-12)22(14)13-8-4-5-9-15(13)28(21(22)30)11-16(24)29/h1-9H,11,25H2,(H2,24,29)(H,26,27). The maximum Gasteiger partial charge on any atom is 0.248 e. The Bertz CT molecular complexity index is 1320. The third-order valence-corrected chi connectivity index (χ3v) is 5.59. The zero-order chi connectivity index (χ0) is 21.8. The topological polar surface area (TPSA) is 151 Å². The molecule has 3 heterocycles. The van der Waals surface area contributed by atoms with Crippen LogP contribution < -0.4 is 21.1 Å². The number of nitrogens with zero attached hydrogens (tertiary/aromatic N) is 3. The van der Waals surface area contributed by atoms with Gasteiger partial charge in [0.25, 0.3) is 0 Å². The summed E-state index contributed by atoms with van der Waals surface area (Å²) in [5.74, 6) is -1.32. The molecule has 5 rings (SSSR count). The lowest BCUT2D eigenvalue weighted by Gasteiger charge is -2.32. The summed E-state index contributed by atoms with van der Waals surface area (Å²) in [5, 5.41) is 17.2. The van der Waals surface area contributed by atoms with E-state index in [9.17, 15) is 14.9 Å². The van der Waals surface area contributed by atoms with E-state index in [2.05, 4.69) is 16.3 Å². The number of hydrogen-bond acceptors (Lipinski definition) is 6. The number of rotatable bonds is 3. The van der Waals surface area contributed by atoms with Crippen LogP contribution >= 0.6 is 0 Å². The van der Waals surface area contributed by atoms with Gasteiger partial charge in [-0.25, -0.2) is 0 Å². The Morgan fingerprint density at radius 2 is 1.90 bits per heavy atom. The summed E-state index contributed by atoms with van der Waals surface area (Å²) in [7, 11) is 0. The molecule has 5 N–H and O–H groups in total. The van der Waals surface area contributed by atoms with Gasteiger partial charge in [0.2, 0.25) is 23.6 Å². The number of ether oxygens (including phenoxy) is 1. The van der Waals surface area contributed by atoms with E-state index in [0.717, 1.165) is 5.56 Å². The van der Waals surface area contributed by atoms with Crippen LogP contribution in [0, 0.1) is 11.3 Å². The number of nitriles is 1. The molecule has 2 amide bonds. The molecular weight excluding hydrogens is 396 g/mol. The molecule has 0 radical (unpaired) electrons. The van der Waals surface area contributed by atoms with Crippen LogP contribution in [-0.4, -0.2) is 28.6 Å². The second-order valence-electron chi connectivity index (χ2n) is 7.22. The molecule has 1 spiro atoms. The summed E-state index contributed by atoms with van der Waals surface area (Å²) >= 11 is 0. The maximum atomic E-state index is 14.0. The highest BCUT2D eigenvalue weighted by Crippen LogP contribution is 2.56. The number of anilines is 1. The first-order valence-electron chi connectivity index (χ1n) is 9.42. The first kappa shape index (κ1) is 18.4. The molecule has 0 fully saturated rings. The van der Waals surface area contributed by atoms with E-state index in [1.165, 1.54) is 4.90 Å². The van der Waals surface area contributed by atoms with Crippen LogP contribution in [0.5, 0.6) is 5.88 Å². The van der Waals surface area contributed by atoms with Crippen LogP contribution in [0.25, 0.3) is 11.3 Å². The lowest BCUT2D eigenvalue weighted by Crippen LogP contribution is -2.47. The number of fused-ring (bicyclic) bond motifs is 4. The maximum absolute atomic E-state index is 14.0. The van der Waals surface area contributed by atoms with Crippen molar-refractivity contribution in [1.29, 1.82) is 5.26 Å². The minimum Gasteiger partial charge on any atom is -0.420 e. The van der Waals surface area contributed by atoms with Gasteiger partial charge in [0.05, 0.1) is 11.3 Å². The van der Waals surface area contributed by atoms with Crippen molar-refractivity contribution in [2.24, 2.45) is 11.5 Å². The second kappa shape index (κ2) is 6.47. The number of H-pyrrole nitrogens is 1. The van der Waals surface area contributed by atoms with Crippen LogP contribution in [0.1, 0.15) is 11.1 Å². The molecule has 152 valence electrons. The Morgan fingerprint density at radius 3 is 2.61 bits per heavy atom. The average molecular weight is 412 g/mol. The van der Waals surface area contributed by atoms with Gasteiger partial charge in [-0.15, -0.1) is 5.10 Å². The summed E-state index contributed by atoms with van der Waals surface area (Å²) in [6, 6.07) is 18.2. The predicted octanol–water partition coefficient (Wildman–Crippen LogP) is 1.28. The first-order valence-corrected chi connectivity index (χ1v) is 9.42. The number of aromatic amines is 1. The van der Waals surface area contributed by atoms with Crippen LogP contribution in [0.2, 0.25) is 0 Å².